The van der Waals surface area contributed by atoms with Gasteiger partial charge in [-0.1, -0.05) is 38.5 Å². The zero-order valence-electron chi connectivity index (χ0n) is 12.1. The molecule has 0 aromatic rings. The van der Waals surface area contributed by atoms with E-state index in [-0.39, 0.29) is 6.42 Å². The first-order chi connectivity index (χ1) is 8.98. The molecule has 0 aliphatic rings. The van der Waals surface area contributed by atoms with Crippen LogP contribution in [0.3, 0.4) is 0 Å². The second-order valence-corrected chi connectivity index (χ2v) is 6.93. The lowest BCUT2D eigenvalue weighted by atomic mass is 10.1. The number of hydrogen-bond donors (Lipinski definition) is 1. The third kappa shape index (κ3) is 13.8. The minimum atomic E-state index is -2.80. The lowest BCUT2D eigenvalue weighted by molar-refractivity contribution is -0.137. The molecule has 1 N–H and O–H groups in total. The number of carboxylic acids is 1. The highest BCUT2D eigenvalue weighted by atomic mass is 31.2. The maximum atomic E-state index is 11.4. The fraction of sp³-hybridized carbons (Fsp3) is 0.923. The number of unbranched alkanes of at least 4 members (excludes halogenated alkanes) is 7. The Kier molecular flexibility index (Phi) is 11.2. The first-order valence-electron chi connectivity index (χ1n) is 6.97. The van der Waals surface area contributed by atoms with Gasteiger partial charge >= 0.3 is 13.6 Å². The summed E-state index contributed by atoms with van der Waals surface area (Å²) in [7, 11) is -1.41. The number of carbonyl (C=O) groups is 1. The Morgan fingerprint density at radius 1 is 1.00 bits per heavy atom. The molecule has 0 saturated carbocycles. The van der Waals surface area contributed by atoms with Crippen molar-refractivity contribution in [2.24, 2.45) is 0 Å². The SMILES string of the molecule is COP(C)(=O)OCCCCCCCCCCC(=O)O. The molecule has 0 aliphatic heterocycles. The van der Waals surface area contributed by atoms with E-state index in [1.807, 2.05) is 0 Å². The second-order valence-electron chi connectivity index (χ2n) is 4.76. The van der Waals surface area contributed by atoms with E-state index in [4.69, 9.17) is 14.2 Å². The van der Waals surface area contributed by atoms with Gasteiger partial charge in [0.05, 0.1) is 6.61 Å². The molecule has 0 aromatic carbocycles. The van der Waals surface area contributed by atoms with E-state index < -0.39 is 13.6 Å². The molecule has 5 nitrogen and oxygen atoms in total. The first-order valence-corrected chi connectivity index (χ1v) is 8.96. The zero-order chi connectivity index (χ0) is 14.6. The summed E-state index contributed by atoms with van der Waals surface area (Å²) in [6.45, 7) is 1.96. The van der Waals surface area contributed by atoms with Gasteiger partial charge in [-0.25, -0.2) is 0 Å². The van der Waals surface area contributed by atoms with Crippen molar-refractivity contribution in [3.63, 3.8) is 0 Å². The number of carboxylic acid groups (broad SMARTS) is 1. The minimum Gasteiger partial charge on any atom is -0.481 e. The van der Waals surface area contributed by atoms with E-state index in [1.54, 1.807) is 0 Å². The summed E-state index contributed by atoms with van der Waals surface area (Å²) in [6.07, 6.45) is 8.62. The average molecular weight is 294 g/mol. The molecule has 6 heteroatoms. The molecule has 0 aromatic heterocycles. The summed E-state index contributed by atoms with van der Waals surface area (Å²) in [5, 5.41) is 8.47. The van der Waals surface area contributed by atoms with Gasteiger partial charge in [-0.15, -0.1) is 0 Å². The van der Waals surface area contributed by atoms with Crippen LogP contribution in [0.25, 0.3) is 0 Å². The molecule has 0 spiro atoms. The standard InChI is InChI=1S/C13H27O5P/c1-17-19(2,16)18-12-10-8-6-4-3-5-7-9-11-13(14)15/h3-12H2,1-2H3,(H,14,15). The number of rotatable bonds is 13. The normalized spacial score (nSPS) is 14.2. The van der Waals surface area contributed by atoms with E-state index in [2.05, 4.69) is 0 Å². The Hall–Kier alpha value is -0.380. The van der Waals surface area contributed by atoms with Gasteiger partial charge in [-0.2, -0.15) is 0 Å². The summed E-state index contributed by atoms with van der Waals surface area (Å²) >= 11 is 0. The predicted molar refractivity (Wildman–Crippen MR) is 75.7 cm³/mol. The molecule has 0 fully saturated rings. The molecule has 0 heterocycles. The largest absolute Gasteiger partial charge is 0.481 e. The lowest BCUT2D eigenvalue weighted by Crippen LogP contribution is -1.94. The maximum absolute atomic E-state index is 11.4. The molecular weight excluding hydrogens is 267 g/mol. The van der Waals surface area contributed by atoms with Crippen LogP contribution in [0.2, 0.25) is 0 Å². The maximum Gasteiger partial charge on any atom is 0.327 e. The molecule has 1 atom stereocenters. The fourth-order valence-corrected chi connectivity index (χ4v) is 2.29. The van der Waals surface area contributed by atoms with Crippen LogP contribution in [-0.4, -0.2) is 31.5 Å². The van der Waals surface area contributed by atoms with Crippen molar-refractivity contribution < 1.29 is 23.5 Å². The van der Waals surface area contributed by atoms with Crippen LogP contribution in [0, 0.1) is 0 Å². The molecule has 19 heavy (non-hydrogen) atoms. The van der Waals surface area contributed by atoms with Crippen LogP contribution in [-0.2, 0) is 18.4 Å². The van der Waals surface area contributed by atoms with Gasteiger partial charge in [-0.05, 0) is 12.8 Å². The molecule has 1 unspecified atom stereocenters. The molecule has 0 saturated heterocycles. The van der Waals surface area contributed by atoms with E-state index in [9.17, 15) is 9.36 Å². The van der Waals surface area contributed by atoms with Gasteiger partial charge in [0.15, 0.2) is 0 Å². The highest BCUT2D eigenvalue weighted by Gasteiger charge is 2.12. The minimum absolute atomic E-state index is 0.286. The first kappa shape index (κ1) is 18.6. The summed E-state index contributed by atoms with van der Waals surface area (Å²) in [4.78, 5) is 10.3. The van der Waals surface area contributed by atoms with Crippen molar-refractivity contribution in [2.75, 3.05) is 20.4 Å². The summed E-state index contributed by atoms with van der Waals surface area (Å²) in [5.74, 6) is -0.704. The van der Waals surface area contributed by atoms with Crippen LogP contribution in [0.4, 0.5) is 0 Å². The van der Waals surface area contributed by atoms with Crippen LogP contribution >= 0.6 is 7.60 Å². The van der Waals surface area contributed by atoms with Gasteiger partial charge in [0.25, 0.3) is 0 Å². The summed E-state index contributed by atoms with van der Waals surface area (Å²) < 4.78 is 21.2. The van der Waals surface area contributed by atoms with Crippen molar-refractivity contribution in [2.45, 2.75) is 57.8 Å². The molecule has 114 valence electrons. The Bertz CT molecular complexity index is 280. The van der Waals surface area contributed by atoms with Crippen LogP contribution in [0.5, 0.6) is 0 Å². The van der Waals surface area contributed by atoms with Gasteiger partial charge < -0.3 is 14.2 Å². The molecule has 0 radical (unpaired) electrons. The van der Waals surface area contributed by atoms with Crippen molar-refractivity contribution in [1.29, 1.82) is 0 Å². The Morgan fingerprint density at radius 3 is 1.95 bits per heavy atom. The number of aliphatic carboxylic acids is 1. The van der Waals surface area contributed by atoms with Crippen molar-refractivity contribution in [3.05, 3.63) is 0 Å². The highest BCUT2D eigenvalue weighted by Crippen LogP contribution is 2.42. The quantitative estimate of drug-likeness (QED) is 0.409. The highest BCUT2D eigenvalue weighted by molar-refractivity contribution is 7.52. The zero-order valence-corrected chi connectivity index (χ0v) is 13.0. The van der Waals surface area contributed by atoms with E-state index in [1.165, 1.54) is 20.2 Å². The summed E-state index contributed by atoms with van der Waals surface area (Å²) in [6, 6.07) is 0. The lowest BCUT2D eigenvalue weighted by Gasteiger charge is -2.10. The van der Waals surface area contributed by atoms with Gasteiger partial charge in [0, 0.05) is 20.2 Å². The monoisotopic (exact) mass is 294 g/mol. The van der Waals surface area contributed by atoms with Crippen molar-refractivity contribution in [3.8, 4) is 0 Å². The predicted octanol–water partition coefficient (Wildman–Crippen LogP) is 4.07. The van der Waals surface area contributed by atoms with Crippen molar-refractivity contribution in [1.82, 2.24) is 0 Å². The van der Waals surface area contributed by atoms with Crippen LogP contribution < -0.4 is 0 Å². The summed E-state index contributed by atoms with van der Waals surface area (Å²) in [5.41, 5.74) is 0. The van der Waals surface area contributed by atoms with Gasteiger partial charge in [-0.3, -0.25) is 9.36 Å². The molecule has 0 amide bonds. The topological polar surface area (TPSA) is 72.8 Å². The van der Waals surface area contributed by atoms with E-state index in [0.717, 1.165) is 44.9 Å². The third-order valence-corrected chi connectivity index (χ3v) is 4.26. The Balaban J connectivity index is 3.15. The van der Waals surface area contributed by atoms with Gasteiger partial charge in [0.2, 0.25) is 0 Å². The third-order valence-electron chi connectivity index (χ3n) is 2.94. The number of hydrogen-bond acceptors (Lipinski definition) is 4. The smallest absolute Gasteiger partial charge is 0.327 e. The Labute approximate surface area is 116 Å². The van der Waals surface area contributed by atoms with Crippen LogP contribution in [0.15, 0.2) is 0 Å². The van der Waals surface area contributed by atoms with E-state index in [0.29, 0.717) is 6.61 Å². The molecule has 0 aliphatic carbocycles. The van der Waals surface area contributed by atoms with Crippen LogP contribution in [0.1, 0.15) is 57.8 Å². The molecular formula is C13H27O5P. The Morgan fingerprint density at radius 2 is 1.47 bits per heavy atom. The second kappa shape index (κ2) is 11.4. The van der Waals surface area contributed by atoms with Gasteiger partial charge in [0.1, 0.15) is 0 Å². The molecule has 0 bridgehead atoms. The molecule has 0 rings (SSSR count). The fourth-order valence-electron chi connectivity index (χ4n) is 1.72. The average Bonchev–Trinajstić information content (AvgIpc) is 2.35. The van der Waals surface area contributed by atoms with E-state index >= 15 is 0 Å². The van der Waals surface area contributed by atoms with Crippen molar-refractivity contribution >= 4 is 13.6 Å².